The Morgan fingerprint density at radius 3 is 2.79 bits per heavy atom. The molecule has 126 valence electrons. The van der Waals surface area contributed by atoms with Crippen LogP contribution in [0.3, 0.4) is 0 Å². The average Bonchev–Trinajstić information content (AvgIpc) is 3.07. The van der Waals surface area contributed by atoms with Crippen molar-refractivity contribution >= 4 is 5.91 Å². The van der Waals surface area contributed by atoms with E-state index >= 15 is 0 Å². The molecule has 0 saturated heterocycles. The van der Waals surface area contributed by atoms with E-state index in [9.17, 15) is 4.79 Å². The molecule has 0 aromatic heterocycles. The van der Waals surface area contributed by atoms with Crippen LogP contribution in [0.5, 0.6) is 5.75 Å². The molecule has 1 amide bonds. The first-order valence-electron chi connectivity index (χ1n) is 8.31. The summed E-state index contributed by atoms with van der Waals surface area (Å²) in [4.78, 5) is 14.6. The molecule has 1 aliphatic rings. The van der Waals surface area contributed by atoms with Crippen molar-refractivity contribution in [2.75, 3.05) is 26.9 Å². The highest BCUT2D eigenvalue weighted by Crippen LogP contribution is 2.26. The van der Waals surface area contributed by atoms with Crippen molar-refractivity contribution in [1.82, 2.24) is 4.90 Å². The molecule has 0 spiro atoms. The maximum absolute atomic E-state index is 12.8. The quantitative estimate of drug-likeness (QED) is 0.786. The average molecular weight is 325 g/mol. The van der Waals surface area contributed by atoms with E-state index < -0.39 is 0 Å². The van der Waals surface area contributed by atoms with Gasteiger partial charge in [-0.05, 0) is 22.8 Å². The number of rotatable bonds is 7. The van der Waals surface area contributed by atoms with Crippen molar-refractivity contribution in [2.24, 2.45) is 0 Å². The zero-order chi connectivity index (χ0) is 16.8. The zero-order valence-electron chi connectivity index (χ0n) is 14.0. The third-order valence-electron chi connectivity index (χ3n) is 4.24. The minimum absolute atomic E-state index is 0.120. The lowest BCUT2D eigenvalue weighted by atomic mass is 10.1. The minimum atomic E-state index is 0.120. The fourth-order valence-corrected chi connectivity index (χ4v) is 2.93. The summed E-state index contributed by atoms with van der Waals surface area (Å²) < 4.78 is 10.7. The van der Waals surface area contributed by atoms with Gasteiger partial charge in [-0.25, -0.2) is 0 Å². The van der Waals surface area contributed by atoms with Crippen LogP contribution in [-0.2, 0) is 28.9 Å². The lowest BCUT2D eigenvalue weighted by Gasteiger charge is -2.23. The molecule has 0 saturated carbocycles. The van der Waals surface area contributed by atoms with Gasteiger partial charge >= 0.3 is 0 Å². The zero-order valence-corrected chi connectivity index (χ0v) is 14.0. The van der Waals surface area contributed by atoms with Gasteiger partial charge in [0.15, 0.2) is 0 Å². The molecule has 4 nitrogen and oxygen atoms in total. The predicted octanol–water partition coefficient (Wildman–Crippen LogP) is 2.84. The topological polar surface area (TPSA) is 38.8 Å². The number of hydrogen-bond donors (Lipinski definition) is 0. The van der Waals surface area contributed by atoms with Crippen molar-refractivity contribution in [3.05, 3.63) is 65.2 Å². The van der Waals surface area contributed by atoms with E-state index in [0.717, 1.165) is 29.9 Å². The molecule has 0 bridgehead atoms. The number of methoxy groups -OCH3 is 1. The second kappa shape index (κ2) is 7.97. The number of ether oxygens (including phenoxy) is 2. The molecular formula is C20H23NO3. The van der Waals surface area contributed by atoms with Crippen LogP contribution in [0.1, 0.15) is 16.7 Å². The summed E-state index contributed by atoms with van der Waals surface area (Å²) in [5.74, 6) is 1.07. The van der Waals surface area contributed by atoms with Crippen LogP contribution in [0, 0.1) is 0 Å². The first kappa shape index (κ1) is 16.5. The monoisotopic (exact) mass is 325 g/mol. The van der Waals surface area contributed by atoms with Gasteiger partial charge in [-0.1, -0.05) is 42.5 Å². The Morgan fingerprint density at radius 2 is 2.00 bits per heavy atom. The fourth-order valence-electron chi connectivity index (χ4n) is 2.93. The Kier molecular flexibility index (Phi) is 5.49. The summed E-state index contributed by atoms with van der Waals surface area (Å²) in [6, 6.07) is 16.1. The van der Waals surface area contributed by atoms with E-state index in [1.165, 1.54) is 5.56 Å². The molecular weight excluding hydrogens is 302 g/mol. The van der Waals surface area contributed by atoms with Crippen molar-refractivity contribution in [1.29, 1.82) is 0 Å². The Morgan fingerprint density at radius 1 is 1.17 bits per heavy atom. The number of hydrogen-bond acceptors (Lipinski definition) is 3. The van der Waals surface area contributed by atoms with Crippen LogP contribution >= 0.6 is 0 Å². The Labute approximate surface area is 143 Å². The van der Waals surface area contributed by atoms with Crippen LogP contribution in [0.2, 0.25) is 0 Å². The van der Waals surface area contributed by atoms with Gasteiger partial charge in [-0.15, -0.1) is 0 Å². The van der Waals surface area contributed by atoms with E-state index in [1.807, 2.05) is 47.4 Å². The lowest BCUT2D eigenvalue weighted by Crippen LogP contribution is -2.34. The highest BCUT2D eigenvalue weighted by Gasteiger charge is 2.17. The number of carbonyl (C=O) groups is 1. The molecule has 0 fully saturated rings. The van der Waals surface area contributed by atoms with Crippen LogP contribution < -0.4 is 4.74 Å². The Hall–Kier alpha value is -2.33. The summed E-state index contributed by atoms with van der Waals surface area (Å²) in [6.07, 6.45) is 1.33. The molecule has 4 heteroatoms. The highest BCUT2D eigenvalue weighted by atomic mass is 16.5. The number of carbonyl (C=O) groups excluding carboxylic acids is 1. The van der Waals surface area contributed by atoms with Crippen molar-refractivity contribution < 1.29 is 14.3 Å². The summed E-state index contributed by atoms with van der Waals surface area (Å²) in [7, 11) is 1.66. The second-order valence-corrected chi connectivity index (χ2v) is 6.01. The van der Waals surface area contributed by atoms with E-state index in [4.69, 9.17) is 9.47 Å². The van der Waals surface area contributed by atoms with Gasteiger partial charge < -0.3 is 14.4 Å². The molecule has 1 heterocycles. The maximum atomic E-state index is 12.8. The van der Waals surface area contributed by atoms with E-state index in [0.29, 0.717) is 26.1 Å². The molecule has 0 aliphatic carbocycles. The van der Waals surface area contributed by atoms with Gasteiger partial charge in [-0.2, -0.15) is 0 Å². The van der Waals surface area contributed by atoms with Crippen LogP contribution in [0.25, 0.3) is 0 Å². The predicted molar refractivity (Wildman–Crippen MR) is 93.1 cm³/mol. The number of benzene rings is 2. The lowest BCUT2D eigenvalue weighted by molar-refractivity contribution is -0.131. The third-order valence-corrected chi connectivity index (χ3v) is 4.24. The van der Waals surface area contributed by atoms with Gasteiger partial charge in [-0.3, -0.25) is 4.79 Å². The van der Waals surface area contributed by atoms with E-state index in [1.54, 1.807) is 7.11 Å². The summed E-state index contributed by atoms with van der Waals surface area (Å²) in [5, 5.41) is 0. The van der Waals surface area contributed by atoms with Gasteiger partial charge in [0.2, 0.25) is 5.91 Å². The summed E-state index contributed by atoms with van der Waals surface area (Å²) in [5.41, 5.74) is 3.37. The Bertz CT molecular complexity index is 685. The van der Waals surface area contributed by atoms with Crippen LogP contribution in [0.4, 0.5) is 0 Å². The minimum Gasteiger partial charge on any atom is -0.493 e. The molecule has 0 unspecified atom stereocenters. The molecule has 1 aliphatic heterocycles. The van der Waals surface area contributed by atoms with Crippen LogP contribution in [0.15, 0.2) is 48.5 Å². The van der Waals surface area contributed by atoms with Gasteiger partial charge in [0.05, 0.1) is 19.6 Å². The summed E-state index contributed by atoms with van der Waals surface area (Å²) >= 11 is 0. The van der Waals surface area contributed by atoms with Gasteiger partial charge in [0, 0.05) is 26.6 Å². The SMILES string of the molecule is COCCN(Cc1ccccc1)C(=O)Cc1ccc2c(c1)CCO2. The number of fused-ring (bicyclic) bond motifs is 1. The molecule has 3 rings (SSSR count). The maximum Gasteiger partial charge on any atom is 0.227 e. The van der Waals surface area contributed by atoms with E-state index in [-0.39, 0.29) is 5.91 Å². The number of amides is 1. The van der Waals surface area contributed by atoms with Crippen molar-refractivity contribution in [2.45, 2.75) is 19.4 Å². The first-order valence-corrected chi connectivity index (χ1v) is 8.31. The largest absolute Gasteiger partial charge is 0.493 e. The molecule has 2 aromatic rings. The smallest absolute Gasteiger partial charge is 0.227 e. The second-order valence-electron chi connectivity index (χ2n) is 6.01. The van der Waals surface area contributed by atoms with Crippen molar-refractivity contribution in [3.8, 4) is 5.75 Å². The normalized spacial score (nSPS) is 12.5. The standard InChI is InChI=1S/C20H23NO3/c1-23-12-10-21(15-16-5-3-2-4-6-16)20(22)14-17-7-8-19-18(13-17)9-11-24-19/h2-8,13H,9-12,14-15H2,1H3. The third kappa shape index (κ3) is 4.15. The molecule has 0 radical (unpaired) electrons. The molecule has 24 heavy (non-hydrogen) atoms. The molecule has 2 aromatic carbocycles. The molecule has 0 atom stereocenters. The fraction of sp³-hybridized carbons (Fsp3) is 0.350. The Balaban J connectivity index is 1.68. The van der Waals surface area contributed by atoms with Gasteiger partial charge in [0.25, 0.3) is 0 Å². The van der Waals surface area contributed by atoms with E-state index in [2.05, 4.69) is 6.07 Å². The van der Waals surface area contributed by atoms with Crippen molar-refractivity contribution in [3.63, 3.8) is 0 Å². The highest BCUT2D eigenvalue weighted by molar-refractivity contribution is 5.79. The van der Waals surface area contributed by atoms with Gasteiger partial charge in [0.1, 0.15) is 5.75 Å². The summed E-state index contributed by atoms with van der Waals surface area (Å²) in [6.45, 7) is 2.48. The first-order chi connectivity index (χ1) is 11.8. The number of nitrogens with zero attached hydrogens (tertiary/aromatic N) is 1. The van der Waals surface area contributed by atoms with Crippen LogP contribution in [-0.4, -0.2) is 37.7 Å². The molecule has 0 N–H and O–H groups in total.